The van der Waals surface area contributed by atoms with E-state index in [2.05, 4.69) is 37.1 Å². The number of aromatic nitrogens is 3. The summed E-state index contributed by atoms with van der Waals surface area (Å²) in [4.78, 5) is 13.9. The van der Waals surface area contributed by atoms with E-state index in [0.717, 1.165) is 29.1 Å². The molecule has 5 heteroatoms. The highest BCUT2D eigenvalue weighted by Gasteiger charge is 2.30. The van der Waals surface area contributed by atoms with Crippen LogP contribution in [0.15, 0.2) is 40.5 Å². The standard InChI is InChI=1S/C18H19N3OS/c1-12-5-6-13(2)14(10-12)11-20-18(22)21(15-7-8-15)17(19-20)16-4-3-9-23-16/h3-6,9-10,15H,7-8,11H2,1-2H3. The Balaban J connectivity index is 1.79. The molecule has 0 spiro atoms. The summed E-state index contributed by atoms with van der Waals surface area (Å²) < 4.78 is 3.51. The van der Waals surface area contributed by atoms with E-state index >= 15 is 0 Å². The van der Waals surface area contributed by atoms with Gasteiger partial charge in [0, 0.05) is 6.04 Å². The number of rotatable bonds is 4. The molecule has 2 aromatic heterocycles. The molecule has 1 aliphatic rings. The van der Waals surface area contributed by atoms with Crippen molar-refractivity contribution in [2.24, 2.45) is 0 Å². The maximum Gasteiger partial charge on any atom is 0.346 e. The van der Waals surface area contributed by atoms with E-state index in [-0.39, 0.29) is 5.69 Å². The van der Waals surface area contributed by atoms with E-state index in [9.17, 15) is 4.79 Å². The number of thiophene rings is 1. The van der Waals surface area contributed by atoms with Crippen LogP contribution in [-0.2, 0) is 6.54 Å². The molecule has 0 atom stereocenters. The molecular weight excluding hydrogens is 306 g/mol. The molecule has 4 nitrogen and oxygen atoms in total. The molecule has 2 heterocycles. The molecule has 0 aliphatic heterocycles. The summed E-state index contributed by atoms with van der Waals surface area (Å²) in [5.41, 5.74) is 3.57. The molecule has 3 aromatic rings. The minimum Gasteiger partial charge on any atom is -0.271 e. The van der Waals surface area contributed by atoms with Gasteiger partial charge < -0.3 is 0 Å². The lowest BCUT2D eigenvalue weighted by atomic mass is 10.1. The van der Waals surface area contributed by atoms with Crippen molar-refractivity contribution >= 4 is 11.3 Å². The van der Waals surface area contributed by atoms with Gasteiger partial charge in [0.15, 0.2) is 5.82 Å². The van der Waals surface area contributed by atoms with Gasteiger partial charge >= 0.3 is 5.69 Å². The summed E-state index contributed by atoms with van der Waals surface area (Å²) in [6.45, 7) is 4.69. The molecule has 0 N–H and O–H groups in total. The maximum atomic E-state index is 12.8. The Morgan fingerprint density at radius 3 is 2.78 bits per heavy atom. The van der Waals surface area contributed by atoms with E-state index < -0.39 is 0 Å². The zero-order chi connectivity index (χ0) is 16.0. The Labute approximate surface area is 139 Å². The van der Waals surface area contributed by atoms with Gasteiger partial charge in [-0.25, -0.2) is 9.48 Å². The van der Waals surface area contributed by atoms with Gasteiger partial charge in [0.1, 0.15) is 0 Å². The molecule has 0 unspecified atom stereocenters. The maximum absolute atomic E-state index is 12.8. The Morgan fingerprint density at radius 2 is 2.09 bits per heavy atom. The van der Waals surface area contributed by atoms with Gasteiger partial charge in [-0.3, -0.25) is 4.57 Å². The summed E-state index contributed by atoms with van der Waals surface area (Å²) in [5.74, 6) is 0.817. The predicted octanol–water partition coefficient (Wildman–Crippen LogP) is 3.77. The highest BCUT2D eigenvalue weighted by Crippen LogP contribution is 2.37. The molecule has 0 radical (unpaired) electrons. The van der Waals surface area contributed by atoms with Crippen LogP contribution in [0.5, 0.6) is 0 Å². The van der Waals surface area contributed by atoms with Gasteiger partial charge in [-0.15, -0.1) is 16.4 Å². The van der Waals surface area contributed by atoms with Crippen LogP contribution in [0.2, 0.25) is 0 Å². The Morgan fingerprint density at radius 1 is 1.26 bits per heavy atom. The molecule has 1 aliphatic carbocycles. The van der Waals surface area contributed by atoms with Gasteiger partial charge in [0.25, 0.3) is 0 Å². The third kappa shape index (κ3) is 2.65. The largest absolute Gasteiger partial charge is 0.346 e. The summed E-state index contributed by atoms with van der Waals surface area (Å²) in [6.07, 6.45) is 2.15. The Hall–Kier alpha value is -2.14. The van der Waals surface area contributed by atoms with E-state index in [4.69, 9.17) is 0 Å². The van der Waals surface area contributed by atoms with Crippen LogP contribution in [-0.4, -0.2) is 14.3 Å². The fourth-order valence-corrected chi connectivity index (χ4v) is 3.60. The lowest BCUT2D eigenvalue weighted by molar-refractivity contribution is 0.624. The first-order chi connectivity index (χ1) is 11.1. The molecule has 118 valence electrons. The minimum absolute atomic E-state index is 0.0109. The minimum atomic E-state index is 0.0109. The number of nitrogens with zero attached hydrogens (tertiary/aromatic N) is 3. The Kier molecular flexibility index (Phi) is 3.45. The number of hydrogen-bond donors (Lipinski definition) is 0. The highest BCUT2D eigenvalue weighted by atomic mass is 32.1. The lowest BCUT2D eigenvalue weighted by Gasteiger charge is -2.06. The smallest absolute Gasteiger partial charge is 0.271 e. The third-order valence-corrected chi connectivity index (χ3v) is 5.21. The van der Waals surface area contributed by atoms with Crippen LogP contribution in [0.25, 0.3) is 10.7 Å². The van der Waals surface area contributed by atoms with E-state index in [1.54, 1.807) is 16.0 Å². The van der Waals surface area contributed by atoms with Crippen LogP contribution in [0.1, 0.15) is 35.6 Å². The normalized spacial score (nSPS) is 14.3. The molecule has 23 heavy (non-hydrogen) atoms. The quantitative estimate of drug-likeness (QED) is 0.732. The predicted molar refractivity (Wildman–Crippen MR) is 93.1 cm³/mol. The SMILES string of the molecule is Cc1ccc(C)c(Cn2nc(-c3cccs3)n(C3CC3)c2=O)c1. The van der Waals surface area contributed by atoms with Crippen molar-refractivity contribution in [2.75, 3.05) is 0 Å². The average molecular weight is 325 g/mol. The van der Waals surface area contributed by atoms with Crippen LogP contribution in [0.3, 0.4) is 0 Å². The highest BCUT2D eigenvalue weighted by molar-refractivity contribution is 7.13. The molecule has 0 saturated heterocycles. The second-order valence-corrected chi connectivity index (χ2v) is 7.22. The molecule has 1 fully saturated rings. The number of aryl methyl sites for hydroxylation is 2. The van der Waals surface area contributed by atoms with Crippen molar-refractivity contribution in [1.82, 2.24) is 14.3 Å². The zero-order valence-electron chi connectivity index (χ0n) is 13.3. The second-order valence-electron chi connectivity index (χ2n) is 6.27. The zero-order valence-corrected chi connectivity index (χ0v) is 14.1. The number of benzene rings is 1. The molecule has 0 bridgehead atoms. The molecule has 0 amide bonds. The first-order valence-corrected chi connectivity index (χ1v) is 8.81. The van der Waals surface area contributed by atoms with Crippen molar-refractivity contribution < 1.29 is 0 Å². The van der Waals surface area contributed by atoms with E-state index in [1.165, 1.54) is 11.1 Å². The van der Waals surface area contributed by atoms with Gasteiger partial charge in [-0.05, 0) is 49.3 Å². The fraction of sp³-hybridized carbons (Fsp3) is 0.333. The topological polar surface area (TPSA) is 39.8 Å². The lowest BCUT2D eigenvalue weighted by Crippen LogP contribution is -2.25. The van der Waals surface area contributed by atoms with Gasteiger partial charge in [-0.1, -0.05) is 29.8 Å². The summed E-state index contributed by atoms with van der Waals surface area (Å²) >= 11 is 1.63. The average Bonchev–Trinajstić information content (AvgIpc) is 3.10. The first kappa shape index (κ1) is 14.5. The van der Waals surface area contributed by atoms with Crippen LogP contribution in [0.4, 0.5) is 0 Å². The summed E-state index contributed by atoms with van der Waals surface area (Å²) in [5, 5.41) is 6.69. The van der Waals surface area contributed by atoms with Crippen molar-refractivity contribution in [2.45, 2.75) is 39.3 Å². The van der Waals surface area contributed by atoms with Crippen molar-refractivity contribution in [3.8, 4) is 10.7 Å². The molecule has 1 saturated carbocycles. The summed E-state index contributed by atoms with van der Waals surface area (Å²) in [6, 6.07) is 10.7. The van der Waals surface area contributed by atoms with E-state index in [0.29, 0.717) is 12.6 Å². The molecule has 4 rings (SSSR count). The third-order valence-electron chi connectivity index (χ3n) is 4.35. The van der Waals surface area contributed by atoms with Crippen LogP contribution >= 0.6 is 11.3 Å². The van der Waals surface area contributed by atoms with Gasteiger partial charge in [0.05, 0.1) is 11.4 Å². The van der Waals surface area contributed by atoms with Crippen LogP contribution in [0, 0.1) is 13.8 Å². The van der Waals surface area contributed by atoms with E-state index in [1.807, 2.05) is 22.1 Å². The van der Waals surface area contributed by atoms with Gasteiger partial charge in [-0.2, -0.15) is 0 Å². The van der Waals surface area contributed by atoms with Gasteiger partial charge in [0.2, 0.25) is 0 Å². The van der Waals surface area contributed by atoms with Crippen molar-refractivity contribution in [3.05, 3.63) is 62.9 Å². The van der Waals surface area contributed by atoms with Crippen molar-refractivity contribution in [1.29, 1.82) is 0 Å². The number of hydrogen-bond acceptors (Lipinski definition) is 3. The first-order valence-electron chi connectivity index (χ1n) is 7.93. The Bertz CT molecular complexity index is 901. The monoisotopic (exact) mass is 325 g/mol. The van der Waals surface area contributed by atoms with Crippen LogP contribution < -0.4 is 5.69 Å². The molecular formula is C18H19N3OS. The fourth-order valence-electron chi connectivity index (χ4n) is 2.89. The summed E-state index contributed by atoms with van der Waals surface area (Å²) in [7, 11) is 0. The van der Waals surface area contributed by atoms with Crippen molar-refractivity contribution in [3.63, 3.8) is 0 Å². The second kappa shape index (κ2) is 5.49. The molecule has 1 aromatic carbocycles.